The van der Waals surface area contributed by atoms with Crippen molar-refractivity contribution in [1.82, 2.24) is 20.2 Å². The van der Waals surface area contributed by atoms with Gasteiger partial charge in [0, 0.05) is 30.6 Å². The van der Waals surface area contributed by atoms with Gasteiger partial charge in [0.1, 0.15) is 5.82 Å². The van der Waals surface area contributed by atoms with Gasteiger partial charge in [-0.3, -0.25) is 9.69 Å². The van der Waals surface area contributed by atoms with E-state index in [1.54, 1.807) is 12.0 Å². The molecule has 0 spiro atoms. The lowest BCUT2D eigenvalue weighted by molar-refractivity contribution is 0.0520. The van der Waals surface area contributed by atoms with Crippen LogP contribution in [0.2, 0.25) is 0 Å². The van der Waals surface area contributed by atoms with Crippen LogP contribution in [0.3, 0.4) is 0 Å². The average molecular weight is 458 g/mol. The minimum Gasteiger partial charge on any atom is -0.465 e. The zero-order valence-corrected chi connectivity index (χ0v) is 20.1. The summed E-state index contributed by atoms with van der Waals surface area (Å²) < 4.78 is 5.00. The monoisotopic (exact) mass is 457 g/mol. The number of aromatic nitrogens is 2. The summed E-state index contributed by atoms with van der Waals surface area (Å²) in [6, 6.07) is 5.48. The second kappa shape index (κ2) is 10.3. The molecular weight excluding hydrogens is 422 g/mol. The number of nitrogens with one attached hydrogen (secondary N) is 2. The Morgan fingerprint density at radius 2 is 1.94 bits per heavy atom. The van der Waals surface area contributed by atoms with Crippen molar-refractivity contribution in [2.45, 2.75) is 71.0 Å². The molecule has 3 N–H and O–H groups in total. The molecule has 1 aliphatic rings. The first kappa shape index (κ1) is 24.7. The molecule has 33 heavy (non-hydrogen) atoms. The van der Waals surface area contributed by atoms with Gasteiger partial charge in [-0.25, -0.2) is 14.8 Å². The smallest absolute Gasteiger partial charge is 0.408 e. The summed E-state index contributed by atoms with van der Waals surface area (Å²) in [7, 11) is 1.57. The highest BCUT2D eigenvalue weighted by molar-refractivity contribution is 5.96. The molecular formula is C24H35N5O4. The van der Waals surface area contributed by atoms with Crippen molar-refractivity contribution in [3.8, 4) is 0 Å². The molecule has 1 aromatic carbocycles. The zero-order chi connectivity index (χ0) is 24.2. The lowest BCUT2D eigenvalue weighted by Crippen LogP contribution is -2.58. The molecule has 2 amide bonds. The first-order valence-corrected chi connectivity index (χ1v) is 11.5. The van der Waals surface area contributed by atoms with Crippen molar-refractivity contribution in [3.63, 3.8) is 0 Å². The number of ether oxygens (including phenoxy) is 1. The predicted molar refractivity (Wildman–Crippen MR) is 128 cm³/mol. The number of fused-ring (bicyclic) bond motifs is 1. The molecule has 0 radical (unpaired) electrons. The summed E-state index contributed by atoms with van der Waals surface area (Å²) in [5.74, 6) is 0.250. The second-order valence-electron chi connectivity index (χ2n) is 9.59. The molecule has 0 bridgehead atoms. The third kappa shape index (κ3) is 5.90. The SMILES string of the molecule is COCCNC(=O)c1nc(N[C@H]2CCCC[C@H]2N(C(=O)O)C(C)(C)C)c2cc(C)ccc2n1. The van der Waals surface area contributed by atoms with Crippen LogP contribution in [-0.4, -0.2) is 69.9 Å². The lowest BCUT2D eigenvalue weighted by Gasteiger charge is -2.45. The minimum atomic E-state index is -0.928. The standard InChI is InChI=1S/C24H35N5O4/c1-15-10-11-17-16(14-15)20(28-21(26-17)22(30)25-12-13-33-5)27-18-8-6-7-9-19(18)29(23(31)32)24(2,3)4/h10-11,14,18-19H,6-9,12-13H2,1-5H3,(H,25,30)(H,31,32)(H,26,27,28)/t18-,19+/m0/s1. The summed E-state index contributed by atoms with van der Waals surface area (Å²) in [4.78, 5) is 35.4. The van der Waals surface area contributed by atoms with Crippen LogP contribution in [0.1, 0.15) is 62.6 Å². The number of amides is 2. The highest BCUT2D eigenvalue weighted by Crippen LogP contribution is 2.32. The Balaban J connectivity index is 1.99. The van der Waals surface area contributed by atoms with E-state index in [-0.39, 0.29) is 23.8 Å². The van der Waals surface area contributed by atoms with Gasteiger partial charge in [0.05, 0.1) is 18.2 Å². The Labute approximate surface area is 194 Å². The Morgan fingerprint density at radius 1 is 1.21 bits per heavy atom. The minimum absolute atomic E-state index is 0.0724. The van der Waals surface area contributed by atoms with E-state index < -0.39 is 11.6 Å². The number of aryl methyl sites for hydroxylation is 1. The molecule has 0 saturated heterocycles. The highest BCUT2D eigenvalue weighted by atomic mass is 16.5. The molecule has 1 heterocycles. The van der Waals surface area contributed by atoms with Crippen LogP contribution >= 0.6 is 0 Å². The lowest BCUT2D eigenvalue weighted by atomic mass is 9.86. The van der Waals surface area contributed by atoms with Gasteiger partial charge in [-0.2, -0.15) is 0 Å². The van der Waals surface area contributed by atoms with Crippen LogP contribution in [0.5, 0.6) is 0 Å². The maximum Gasteiger partial charge on any atom is 0.408 e. The van der Waals surface area contributed by atoms with Gasteiger partial charge in [0.15, 0.2) is 0 Å². The van der Waals surface area contributed by atoms with Crippen molar-refractivity contribution < 1.29 is 19.4 Å². The number of rotatable bonds is 7. The fourth-order valence-electron chi connectivity index (χ4n) is 4.49. The molecule has 0 aliphatic heterocycles. The van der Waals surface area contributed by atoms with Crippen LogP contribution in [-0.2, 0) is 4.74 Å². The normalized spacial score (nSPS) is 18.7. The van der Waals surface area contributed by atoms with E-state index in [9.17, 15) is 14.7 Å². The number of hydrogen-bond acceptors (Lipinski definition) is 6. The Hall–Kier alpha value is -2.94. The van der Waals surface area contributed by atoms with E-state index in [1.807, 2.05) is 45.9 Å². The molecule has 1 saturated carbocycles. The Kier molecular flexibility index (Phi) is 7.73. The van der Waals surface area contributed by atoms with Gasteiger partial charge in [-0.15, -0.1) is 0 Å². The van der Waals surface area contributed by atoms with Gasteiger partial charge in [0.2, 0.25) is 5.82 Å². The van der Waals surface area contributed by atoms with Gasteiger partial charge in [-0.1, -0.05) is 24.5 Å². The third-order valence-corrected chi connectivity index (χ3v) is 5.96. The molecule has 2 atom stereocenters. The topological polar surface area (TPSA) is 117 Å². The average Bonchev–Trinajstić information content (AvgIpc) is 2.74. The van der Waals surface area contributed by atoms with E-state index in [0.29, 0.717) is 24.5 Å². The number of anilines is 1. The number of nitrogens with zero attached hydrogens (tertiary/aromatic N) is 3. The van der Waals surface area contributed by atoms with Gasteiger partial charge >= 0.3 is 6.09 Å². The summed E-state index contributed by atoms with van der Waals surface area (Å²) in [6.07, 6.45) is 2.63. The van der Waals surface area contributed by atoms with E-state index >= 15 is 0 Å². The Bertz CT molecular complexity index is 1000. The number of methoxy groups -OCH3 is 1. The number of benzene rings is 1. The van der Waals surface area contributed by atoms with Crippen molar-refractivity contribution in [2.75, 3.05) is 25.6 Å². The van der Waals surface area contributed by atoms with E-state index in [1.165, 1.54) is 0 Å². The molecule has 1 aromatic heterocycles. The third-order valence-electron chi connectivity index (χ3n) is 5.96. The van der Waals surface area contributed by atoms with Crippen molar-refractivity contribution in [2.24, 2.45) is 0 Å². The summed E-state index contributed by atoms with van der Waals surface area (Å²) in [5.41, 5.74) is 1.17. The summed E-state index contributed by atoms with van der Waals surface area (Å²) in [6.45, 7) is 8.49. The maximum atomic E-state index is 12.7. The molecule has 1 aliphatic carbocycles. The quantitative estimate of drug-likeness (QED) is 0.541. The number of hydrogen-bond donors (Lipinski definition) is 3. The highest BCUT2D eigenvalue weighted by Gasteiger charge is 2.39. The summed E-state index contributed by atoms with van der Waals surface area (Å²) >= 11 is 0. The van der Waals surface area contributed by atoms with Gasteiger partial charge in [-0.05, 0) is 52.7 Å². The van der Waals surface area contributed by atoms with Crippen LogP contribution in [0.25, 0.3) is 10.9 Å². The molecule has 3 rings (SSSR count). The Morgan fingerprint density at radius 3 is 2.61 bits per heavy atom. The van der Waals surface area contributed by atoms with E-state index in [0.717, 1.165) is 36.6 Å². The van der Waals surface area contributed by atoms with Crippen LogP contribution in [0.4, 0.5) is 10.6 Å². The zero-order valence-electron chi connectivity index (χ0n) is 20.1. The first-order valence-electron chi connectivity index (χ1n) is 11.5. The van der Waals surface area contributed by atoms with E-state index in [2.05, 4.69) is 20.6 Å². The number of carbonyl (C=O) groups excluding carboxylic acids is 1. The fourth-order valence-corrected chi connectivity index (χ4v) is 4.49. The number of carboxylic acid groups (broad SMARTS) is 1. The molecule has 0 unspecified atom stereocenters. The molecule has 2 aromatic rings. The predicted octanol–water partition coefficient (Wildman–Crippen LogP) is 3.82. The second-order valence-corrected chi connectivity index (χ2v) is 9.59. The van der Waals surface area contributed by atoms with Gasteiger partial charge in [0.25, 0.3) is 5.91 Å². The maximum absolute atomic E-state index is 12.7. The molecule has 9 nitrogen and oxygen atoms in total. The first-order chi connectivity index (χ1) is 15.6. The van der Waals surface area contributed by atoms with Crippen LogP contribution in [0, 0.1) is 6.92 Å². The number of carbonyl (C=O) groups is 2. The molecule has 180 valence electrons. The van der Waals surface area contributed by atoms with Crippen molar-refractivity contribution >= 4 is 28.7 Å². The fraction of sp³-hybridized carbons (Fsp3) is 0.583. The molecule has 9 heteroatoms. The largest absolute Gasteiger partial charge is 0.465 e. The van der Waals surface area contributed by atoms with Crippen LogP contribution in [0.15, 0.2) is 18.2 Å². The molecule has 1 fully saturated rings. The van der Waals surface area contributed by atoms with E-state index in [4.69, 9.17) is 4.74 Å². The van der Waals surface area contributed by atoms with Crippen molar-refractivity contribution in [3.05, 3.63) is 29.6 Å². The summed E-state index contributed by atoms with van der Waals surface area (Å²) in [5, 5.41) is 17.1. The van der Waals surface area contributed by atoms with Crippen LogP contribution < -0.4 is 10.6 Å². The van der Waals surface area contributed by atoms with Crippen molar-refractivity contribution in [1.29, 1.82) is 0 Å². The van der Waals surface area contributed by atoms with Gasteiger partial charge < -0.3 is 20.5 Å².